The van der Waals surface area contributed by atoms with Crippen LogP contribution in [0.5, 0.6) is 11.5 Å². The number of methoxy groups -OCH3 is 1. The van der Waals surface area contributed by atoms with Crippen LogP contribution in [0.1, 0.15) is 64.0 Å². The van der Waals surface area contributed by atoms with Crippen molar-refractivity contribution in [2.75, 3.05) is 27.2 Å². The number of nitrogens with one attached hydrogen (secondary N) is 1. The summed E-state index contributed by atoms with van der Waals surface area (Å²) in [5.74, 6) is 0.724. The molecule has 5 atom stereocenters. The van der Waals surface area contributed by atoms with E-state index in [0.717, 1.165) is 45.2 Å². The molecular weight excluding hydrogens is 420 g/mol. The number of likely N-dealkylation sites (N-methyl/N-ethyl adjacent to an activating group) is 1. The molecule has 2 unspecified atom stereocenters. The second-order valence-electron chi connectivity index (χ2n) is 11.3. The van der Waals surface area contributed by atoms with Gasteiger partial charge < -0.3 is 29.5 Å². The third kappa shape index (κ3) is 3.30. The first kappa shape index (κ1) is 22.9. The maximum Gasteiger partial charge on any atom is 0.306 e. The van der Waals surface area contributed by atoms with Crippen molar-refractivity contribution in [3.63, 3.8) is 0 Å². The highest BCUT2D eigenvalue weighted by atomic mass is 16.6. The third-order valence-corrected chi connectivity index (χ3v) is 8.44. The van der Waals surface area contributed by atoms with Gasteiger partial charge in [0.15, 0.2) is 11.5 Å². The van der Waals surface area contributed by atoms with Gasteiger partial charge in [-0.2, -0.15) is 0 Å². The van der Waals surface area contributed by atoms with Gasteiger partial charge in [-0.05, 0) is 84.6 Å². The van der Waals surface area contributed by atoms with E-state index in [2.05, 4.69) is 23.3 Å². The first-order chi connectivity index (χ1) is 15.6. The Morgan fingerprint density at radius 3 is 2.85 bits per heavy atom. The molecular formula is C26H38N2O5. The number of aromatic hydroxyl groups is 1. The summed E-state index contributed by atoms with van der Waals surface area (Å²) in [6.07, 6.45) is 4.74. The average Bonchev–Trinajstić information content (AvgIpc) is 3.10. The van der Waals surface area contributed by atoms with Crippen molar-refractivity contribution in [1.82, 2.24) is 10.2 Å². The first-order valence-electron chi connectivity index (χ1n) is 12.4. The summed E-state index contributed by atoms with van der Waals surface area (Å²) < 4.78 is 18.5. The van der Waals surface area contributed by atoms with E-state index >= 15 is 0 Å². The average molecular weight is 459 g/mol. The number of nitrogens with zero attached hydrogens (tertiary/aromatic N) is 1. The fourth-order valence-electron chi connectivity index (χ4n) is 7.26. The zero-order valence-electron chi connectivity index (χ0n) is 20.6. The van der Waals surface area contributed by atoms with Gasteiger partial charge in [0.05, 0.1) is 11.0 Å². The molecule has 7 heteroatoms. The fraction of sp³-hybridized carbons (Fsp3) is 0.731. The van der Waals surface area contributed by atoms with Gasteiger partial charge in [0.1, 0.15) is 11.7 Å². The smallest absolute Gasteiger partial charge is 0.306 e. The predicted molar refractivity (Wildman–Crippen MR) is 125 cm³/mol. The quantitative estimate of drug-likeness (QED) is 0.501. The topological polar surface area (TPSA) is 80.3 Å². The van der Waals surface area contributed by atoms with E-state index in [1.54, 1.807) is 6.07 Å². The number of carbonyl (C=O) groups is 1. The summed E-state index contributed by atoms with van der Waals surface area (Å²) in [6, 6.07) is 4.28. The van der Waals surface area contributed by atoms with E-state index in [1.807, 2.05) is 27.9 Å². The Hall–Kier alpha value is -1.83. The highest BCUT2D eigenvalue weighted by Gasteiger charge is 2.73. The van der Waals surface area contributed by atoms with Crippen LogP contribution in [0.2, 0.25) is 0 Å². The van der Waals surface area contributed by atoms with Crippen molar-refractivity contribution in [1.29, 1.82) is 0 Å². The number of benzene rings is 1. The summed E-state index contributed by atoms with van der Waals surface area (Å²) in [7, 11) is 4.06. The first-order valence-corrected chi connectivity index (χ1v) is 12.4. The zero-order valence-corrected chi connectivity index (χ0v) is 20.6. The van der Waals surface area contributed by atoms with Gasteiger partial charge in [0.2, 0.25) is 0 Å². The molecule has 0 radical (unpaired) electrons. The van der Waals surface area contributed by atoms with Crippen LogP contribution >= 0.6 is 0 Å². The zero-order chi connectivity index (χ0) is 23.6. The SMILES string of the molecule is CO[C@@]12CC[C@H](NCCCC(=O)OC(C)(C)C)[C@@H]3Oc4c(O)ccc5c4C31CCN(C)C2C5. The number of phenols is 1. The second-order valence-corrected chi connectivity index (χ2v) is 11.3. The van der Waals surface area contributed by atoms with Gasteiger partial charge in [-0.3, -0.25) is 4.79 Å². The third-order valence-electron chi connectivity index (χ3n) is 8.44. The summed E-state index contributed by atoms with van der Waals surface area (Å²) in [6.45, 7) is 7.38. The summed E-state index contributed by atoms with van der Waals surface area (Å²) in [5.41, 5.74) is 1.40. The summed E-state index contributed by atoms with van der Waals surface area (Å²) in [5, 5.41) is 14.4. The van der Waals surface area contributed by atoms with Crippen molar-refractivity contribution in [3.8, 4) is 11.5 Å². The molecule has 0 aromatic heterocycles. The molecule has 2 aliphatic carbocycles. The van der Waals surface area contributed by atoms with Crippen LogP contribution in [-0.4, -0.2) is 72.6 Å². The number of hydrogen-bond donors (Lipinski definition) is 2. The normalized spacial score (nSPS) is 34.5. The Kier molecular flexibility index (Phi) is 5.46. The Bertz CT molecular complexity index is 943. The minimum atomic E-state index is -0.453. The van der Waals surface area contributed by atoms with Gasteiger partial charge in [-0.1, -0.05) is 6.07 Å². The Morgan fingerprint density at radius 1 is 1.33 bits per heavy atom. The highest BCUT2D eigenvalue weighted by Crippen LogP contribution is 2.66. The molecule has 4 aliphatic rings. The molecule has 1 aromatic rings. The Balaban J connectivity index is 1.40. The lowest BCUT2D eigenvalue weighted by molar-refractivity contribution is -0.203. The lowest BCUT2D eigenvalue weighted by atomic mass is 9.48. The molecule has 1 saturated carbocycles. The van der Waals surface area contributed by atoms with Crippen LogP contribution in [0.4, 0.5) is 0 Å². The van der Waals surface area contributed by atoms with Crippen LogP contribution in [-0.2, 0) is 26.1 Å². The van der Waals surface area contributed by atoms with E-state index in [-0.39, 0.29) is 34.9 Å². The molecule has 182 valence electrons. The molecule has 0 amide bonds. The molecule has 33 heavy (non-hydrogen) atoms. The molecule has 5 rings (SSSR count). The van der Waals surface area contributed by atoms with Crippen LogP contribution in [0, 0.1) is 0 Å². The molecule has 2 aliphatic heterocycles. The number of ether oxygens (including phenoxy) is 3. The molecule has 2 fully saturated rings. The van der Waals surface area contributed by atoms with E-state index in [1.165, 1.54) is 11.1 Å². The van der Waals surface area contributed by atoms with Crippen molar-refractivity contribution in [3.05, 3.63) is 23.3 Å². The lowest BCUT2D eigenvalue weighted by Crippen LogP contribution is -2.78. The van der Waals surface area contributed by atoms with Crippen LogP contribution in [0.15, 0.2) is 12.1 Å². The van der Waals surface area contributed by atoms with Crippen molar-refractivity contribution >= 4 is 5.97 Å². The number of likely N-dealkylation sites (tertiary alicyclic amines) is 1. The number of esters is 1. The van der Waals surface area contributed by atoms with Crippen LogP contribution < -0.4 is 10.1 Å². The maximum atomic E-state index is 12.1. The molecule has 1 saturated heterocycles. The lowest BCUT2D eigenvalue weighted by Gasteiger charge is -2.65. The largest absolute Gasteiger partial charge is 0.504 e. The number of hydrogen-bond acceptors (Lipinski definition) is 7. The fourth-order valence-corrected chi connectivity index (χ4v) is 7.26. The molecule has 2 heterocycles. The minimum Gasteiger partial charge on any atom is -0.504 e. The second kappa shape index (κ2) is 7.85. The number of piperidine rings is 1. The minimum absolute atomic E-state index is 0.105. The van der Waals surface area contributed by atoms with Gasteiger partial charge in [-0.25, -0.2) is 0 Å². The van der Waals surface area contributed by atoms with Crippen LogP contribution in [0.25, 0.3) is 0 Å². The number of rotatable bonds is 6. The Labute approximate surface area is 196 Å². The standard InChI is InChI=1S/C26H38N2O5/c1-24(2,3)33-20(30)7-6-13-27-17-10-11-26(31-5)19-15-16-8-9-18(29)22-21(16)25(26,23(17)32-22)12-14-28(19)4/h8-9,17,19,23,27,29H,6-7,10-15H2,1-5H3/t17-,19?,23-,25?,26+/m0/s1. The van der Waals surface area contributed by atoms with E-state index in [0.29, 0.717) is 18.2 Å². The van der Waals surface area contributed by atoms with E-state index < -0.39 is 5.60 Å². The highest BCUT2D eigenvalue weighted by molar-refractivity contribution is 5.69. The predicted octanol–water partition coefficient (Wildman–Crippen LogP) is 2.91. The monoisotopic (exact) mass is 458 g/mol. The molecule has 2 bridgehead atoms. The van der Waals surface area contributed by atoms with Crippen molar-refractivity contribution < 1.29 is 24.1 Å². The van der Waals surface area contributed by atoms with Crippen molar-refractivity contribution in [2.24, 2.45) is 0 Å². The number of carbonyl (C=O) groups excluding carboxylic acids is 1. The molecule has 1 spiro atoms. The molecule has 7 nitrogen and oxygen atoms in total. The summed E-state index contributed by atoms with van der Waals surface area (Å²) in [4.78, 5) is 14.5. The van der Waals surface area contributed by atoms with Crippen molar-refractivity contribution in [2.45, 2.75) is 94.1 Å². The van der Waals surface area contributed by atoms with Crippen LogP contribution in [0.3, 0.4) is 0 Å². The maximum absolute atomic E-state index is 12.1. The van der Waals surface area contributed by atoms with Gasteiger partial charge >= 0.3 is 5.97 Å². The molecule has 1 aromatic carbocycles. The van der Waals surface area contributed by atoms with Gasteiger partial charge in [0.25, 0.3) is 0 Å². The van der Waals surface area contributed by atoms with E-state index in [9.17, 15) is 9.90 Å². The summed E-state index contributed by atoms with van der Waals surface area (Å²) >= 11 is 0. The van der Waals surface area contributed by atoms with Gasteiger partial charge in [-0.15, -0.1) is 0 Å². The number of phenolic OH excluding ortho intramolecular Hbond substituents is 1. The Morgan fingerprint density at radius 2 is 2.12 bits per heavy atom. The van der Waals surface area contributed by atoms with E-state index in [4.69, 9.17) is 14.2 Å². The molecule has 2 N–H and O–H groups in total. The van der Waals surface area contributed by atoms with Gasteiger partial charge in [0, 0.05) is 31.2 Å².